The number of halogens is 2. The van der Waals surface area contributed by atoms with Gasteiger partial charge in [0.25, 0.3) is 5.91 Å². The van der Waals surface area contributed by atoms with Crippen LogP contribution in [0, 0.1) is 0 Å². The molecule has 1 N–H and O–H groups in total. The van der Waals surface area contributed by atoms with E-state index in [1.165, 1.54) is 11.8 Å². The molecule has 0 spiro atoms. The summed E-state index contributed by atoms with van der Waals surface area (Å²) in [7, 11) is 0. The summed E-state index contributed by atoms with van der Waals surface area (Å²) >= 11 is 13.2. The molecule has 0 aliphatic carbocycles. The molecule has 4 rings (SSSR count). The number of amides is 1. The molecule has 150 valence electrons. The number of carbonyl (C=O) groups is 1. The maximum atomic E-state index is 12.4. The molecule has 4 nitrogen and oxygen atoms in total. The maximum Gasteiger partial charge on any atom is 0.264 e. The highest BCUT2D eigenvalue weighted by Gasteiger charge is 2.24. The lowest BCUT2D eigenvalue weighted by molar-refractivity contribution is -0.115. The fourth-order valence-corrected chi connectivity index (χ4v) is 3.89. The lowest BCUT2D eigenvalue weighted by Crippen LogP contribution is -2.19. The normalized spacial score (nSPS) is 16.1. The van der Waals surface area contributed by atoms with E-state index in [0.717, 1.165) is 11.1 Å². The Balaban J connectivity index is 1.53. The zero-order valence-corrected chi connectivity index (χ0v) is 18.0. The summed E-state index contributed by atoms with van der Waals surface area (Å²) in [6.45, 7) is 0.449. The number of nitrogens with one attached hydrogen (secondary N) is 1. The van der Waals surface area contributed by atoms with Gasteiger partial charge in [-0.1, -0.05) is 71.7 Å². The van der Waals surface area contributed by atoms with Gasteiger partial charge in [0, 0.05) is 5.56 Å². The van der Waals surface area contributed by atoms with Gasteiger partial charge in [-0.3, -0.25) is 4.79 Å². The quantitative estimate of drug-likeness (QED) is 0.449. The first-order valence-corrected chi connectivity index (χ1v) is 10.7. The smallest absolute Gasteiger partial charge is 0.264 e. The topological polar surface area (TPSA) is 50.7 Å². The number of aliphatic imine (C=N–C) groups is 1. The van der Waals surface area contributed by atoms with Crippen molar-refractivity contribution in [1.82, 2.24) is 5.32 Å². The average Bonchev–Trinajstić information content (AvgIpc) is 3.09. The van der Waals surface area contributed by atoms with E-state index < -0.39 is 0 Å². The van der Waals surface area contributed by atoms with Crippen molar-refractivity contribution in [3.05, 3.63) is 98.9 Å². The number of nitrogens with zero attached hydrogens (tertiary/aromatic N) is 1. The SMILES string of the molecule is O=C1NC(=Nc2ccc(Cl)c(Cl)c2)S/C1=C/c1ccccc1OCc1ccccc1. The Morgan fingerprint density at radius 3 is 2.53 bits per heavy atom. The number of ether oxygens (including phenoxy) is 1. The third kappa shape index (κ3) is 5.05. The molecule has 7 heteroatoms. The minimum Gasteiger partial charge on any atom is -0.488 e. The lowest BCUT2D eigenvalue weighted by atomic mass is 10.2. The van der Waals surface area contributed by atoms with E-state index >= 15 is 0 Å². The van der Waals surface area contributed by atoms with Gasteiger partial charge in [0.15, 0.2) is 5.17 Å². The van der Waals surface area contributed by atoms with Crippen LogP contribution in [0.2, 0.25) is 10.0 Å². The van der Waals surface area contributed by atoms with E-state index in [-0.39, 0.29) is 5.91 Å². The number of rotatable bonds is 5. The van der Waals surface area contributed by atoms with Crippen molar-refractivity contribution in [2.75, 3.05) is 0 Å². The van der Waals surface area contributed by atoms with Crippen molar-refractivity contribution in [3.8, 4) is 5.75 Å². The van der Waals surface area contributed by atoms with Gasteiger partial charge < -0.3 is 10.1 Å². The largest absolute Gasteiger partial charge is 0.488 e. The minimum atomic E-state index is -0.211. The first kappa shape index (κ1) is 20.5. The zero-order valence-electron chi connectivity index (χ0n) is 15.6. The number of carbonyl (C=O) groups excluding carboxylic acids is 1. The highest BCUT2D eigenvalue weighted by atomic mass is 35.5. The van der Waals surface area contributed by atoms with Gasteiger partial charge in [-0.25, -0.2) is 4.99 Å². The van der Waals surface area contributed by atoms with Gasteiger partial charge >= 0.3 is 0 Å². The molecule has 0 aromatic heterocycles. The number of hydrogen-bond acceptors (Lipinski definition) is 4. The van der Waals surface area contributed by atoms with Crippen LogP contribution in [0.1, 0.15) is 11.1 Å². The van der Waals surface area contributed by atoms with Crippen LogP contribution >= 0.6 is 35.0 Å². The molecule has 1 heterocycles. The van der Waals surface area contributed by atoms with Gasteiger partial charge in [-0.05, 0) is 47.7 Å². The molecule has 3 aromatic rings. The summed E-state index contributed by atoms with van der Waals surface area (Å²) in [5.74, 6) is 0.494. The molecule has 1 aliphatic rings. The Hall–Kier alpha value is -2.73. The highest BCUT2D eigenvalue weighted by molar-refractivity contribution is 8.18. The molecule has 0 saturated carbocycles. The van der Waals surface area contributed by atoms with E-state index in [0.29, 0.717) is 38.2 Å². The Bertz CT molecular complexity index is 1150. The van der Waals surface area contributed by atoms with E-state index in [4.69, 9.17) is 27.9 Å². The second-order valence-electron chi connectivity index (χ2n) is 6.39. The summed E-state index contributed by atoms with van der Waals surface area (Å²) < 4.78 is 5.97. The third-order valence-electron chi connectivity index (χ3n) is 4.23. The second-order valence-corrected chi connectivity index (χ2v) is 8.24. The van der Waals surface area contributed by atoms with E-state index in [1.807, 2.05) is 54.6 Å². The summed E-state index contributed by atoms with van der Waals surface area (Å²) in [6, 6.07) is 22.6. The van der Waals surface area contributed by atoms with Gasteiger partial charge in [-0.2, -0.15) is 0 Å². The number of thioether (sulfide) groups is 1. The molecular formula is C23H16Cl2N2O2S. The second kappa shape index (κ2) is 9.39. The van der Waals surface area contributed by atoms with E-state index in [1.54, 1.807) is 24.3 Å². The Morgan fingerprint density at radius 2 is 1.73 bits per heavy atom. The van der Waals surface area contributed by atoms with Crippen LogP contribution in [0.3, 0.4) is 0 Å². The number of benzene rings is 3. The lowest BCUT2D eigenvalue weighted by Gasteiger charge is -2.09. The van der Waals surface area contributed by atoms with Crippen LogP contribution < -0.4 is 10.1 Å². The van der Waals surface area contributed by atoms with Crippen LogP contribution in [0.5, 0.6) is 5.75 Å². The number of amidine groups is 1. The van der Waals surface area contributed by atoms with Gasteiger partial charge in [0.2, 0.25) is 0 Å². The predicted octanol–water partition coefficient (Wildman–Crippen LogP) is 6.46. The molecule has 0 bridgehead atoms. The van der Waals surface area contributed by atoms with Gasteiger partial charge in [0.05, 0.1) is 20.6 Å². The molecule has 1 saturated heterocycles. The highest BCUT2D eigenvalue weighted by Crippen LogP contribution is 2.32. The molecule has 1 fully saturated rings. The molecule has 1 amide bonds. The fraction of sp³-hybridized carbons (Fsp3) is 0.0435. The first-order chi connectivity index (χ1) is 14.6. The van der Waals surface area contributed by atoms with Gasteiger partial charge in [0.1, 0.15) is 12.4 Å². The monoisotopic (exact) mass is 454 g/mol. The van der Waals surface area contributed by atoms with Crippen molar-refractivity contribution in [1.29, 1.82) is 0 Å². The van der Waals surface area contributed by atoms with Crippen molar-refractivity contribution in [2.45, 2.75) is 6.61 Å². The maximum absolute atomic E-state index is 12.4. The van der Waals surface area contributed by atoms with Crippen molar-refractivity contribution < 1.29 is 9.53 Å². The van der Waals surface area contributed by atoms with Crippen LogP contribution in [-0.2, 0) is 11.4 Å². The predicted molar refractivity (Wildman–Crippen MR) is 124 cm³/mol. The zero-order chi connectivity index (χ0) is 20.9. The Morgan fingerprint density at radius 1 is 0.967 bits per heavy atom. The number of hydrogen-bond donors (Lipinski definition) is 1. The molecule has 3 aromatic carbocycles. The molecule has 30 heavy (non-hydrogen) atoms. The van der Waals surface area contributed by atoms with Crippen LogP contribution in [0.4, 0.5) is 5.69 Å². The minimum absolute atomic E-state index is 0.211. The van der Waals surface area contributed by atoms with Crippen LogP contribution in [0.15, 0.2) is 82.7 Å². The Labute approximate surface area is 188 Å². The molecule has 0 unspecified atom stereocenters. The third-order valence-corrected chi connectivity index (χ3v) is 5.88. The molecule has 0 atom stereocenters. The standard InChI is InChI=1S/C23H16Cl2N2O2S/c24-18-11-10-17(13-19(18)25)26-23-27-22(28)21(30-23)12-16-8-4-5-9-20(16)29-14-15-6-2-1-3-7-15/h1-13H,14H2,(H,26,27,28)/b21-12+. The summed E-state index contributed by atoms with van der Waals surface area (Å²) in [4.78, 5) is 17.4. The van der Waals surface area contributed by atoms with Crippen molar-refractivity contribution in [3.63, 3.8) is 0 Å². The molecule has 1 aliphatic heterocycles. The van der Waals surface area contributed by atoms with Crippen molar-refractivity contribution >= 4 is 57.8 Å². The first-order valence-electron chi connectivity index (χ1n) is 9.09. The van der Waals surface area contributed by atoms with E-state index in [9.17, 15) is 4.79 Å². The summed E-state index contributed by atoms with van der Waals surface area (Å²) in [6.07, 6.45) is 1.80. The molecule has 0 radical (unpaired) electrons. The van der Waals surface area contributed by atoms with Crippen LogP contribution in [-0.4, -0.2) is 11.1 Å². The molecular weight excluding hydrogens is 439 g/mol. The average molecular weight is 455 g/mol. The van der Waals surface area contributed by atoms with Crippen LogP contribution in [0.25, 0.3) is 6.08 Å². The van der Waals surface area contributed by atoms with Gasteiger partial charge in [-0.15, -0.1) is 0 Å². The number of para-hydroxylation sites is 1. The summed E-state index contributed by atoms with van der Waals surface area (Å²) in [5, 5.41) is 4.12. The van der Waals surface area contributed by atoms with Crippen molar-refractivity contribution in [2.24, 2.45) is 4.99 Å². The Kier molecular flexibility index (Phi) is 6.43. The summed E-state index contributed by atoms with van der Waals surface area (Å²) in [5.41, 5.74) is 2.51. The van der Waals surface area contributed by atoms with E-state index in [2.05, 4.69) is 10.3 Å². The fourth-order valence-electron chi connectivity index (χ4n) is 2.76.